The fourth-order valence-corrected chi connectivity index (χ4v) is 5.61. The zero-order valence-corrected chi connectivity index (χ0v) is 18.4. The summed E-state index contributed by atoms with van der Waals surface area (Å²) >= 11 is 1.15. The number of nitrogens with zero attached hydrogens (tertiary/aromatic N) is 7. The normalized spacial score (nSPS) is 26.2. The second-order valence-corrected chi connectivity index (χ2v) is 9.81. The third-order valence-electron chi connectivity index (χ3n) is 6.67. The summed E-state index contributed by atoms with van der Waals surface area (Å²) < 4.78 is 15.2. The first-order chi connectivity index (χ1) is 16.1. The van der Waals surface area contributed by atoms with Crippen LogP contribution < -0.4 is 10.2 Å². The summed E-state index contributed by atoms with van der Waals surface area (Å²) in [6, 6.07) is 7.31. The molecule has 0 unspecified atom stereocenters. The second-order valence-electron chi connectivity index (χ2n) is 8.83. The Morgan fingerprint density at radius 2 is 2.03 bits per heavy atom. The van der Waals surface area contributed by atoms with Gasteiger partial charge in [-0.2, -0.15) is 5.26 Å². The van der Waals surface area contributed by atoms with E-state index in [0.717, 1.165) is 43.4 Å². The van der Waals surface area contributed by atoms with Gasteiger partial charge in [0.25, 0.3) is 0 Å². The number of alkyl halides is 1. The number of phenols is 1. The van der Waals surface area contributed by atoms with E-state index in [2.05, 4.69) is 35.6 Å². The van der Waals surface area contributed by atoms with Crippen LogP contribution in [0.25, 0.3) is 22.0 Å². The van der Waals surface area contributed by atoms with E-state index in [9.17, 15) is 5.11 Å². The van der Waals surface area contributed by atoms with Crippen molar-refractivity contribution < 1.29 is 9.50 Å². The van der Waals surface area contributed by atoms with E-state index in [0.29, 0.717) is 28.0 Å². The molecule has 3 aliphatic rings. The predicted molar refractivity (Wildman–Crippen MR) is 119 cm³/mol. The lowest BCUT2D eigenvalue weighted by molar-refractivity contribution is 0.171. The van der Waals surface area contributed by atoms with Gasteiger partial charge in [0.1, 0.15) is 23.0 Å². The van der Waals surface area contributed by atoms with E-state index < -0.39 is 6.17 Å². The van der Waals surface area contributed by atoms with Crippen LogP contribution in [0.3, 0.4) is 0 Å². The van der Waals surface area contributed by atoms with Gasteiger partial charge in [-0.15, -0.1) is 20.4 Å². The van der Waals surface area contributed by atoms with Crippen LogP contribution in [0.4, 0.5) is 10.2 Å². The van der Waals surface area contributed by atoms with E-state index in [4.69, 9.17) is 5.26 Å². The Morgan fingerprint density at radius 3 is 2.73 bits per heavy atom. The van der Waals surface area contributed by atoms with Crippen LogP contribution in [-0.4, -0.2) is 60.8 Å². The average Bonchev–Trinajstić information content (AvgIpc) is 3.39. The van der Waals surface area contributed by atoms with Crippen LogP contribution in [0.1, 0.15) is 37.1 Å². The van der Waals surface area contributed by atoms with Gasteiger partial charge in [-0.25, -0.2) is 9.37 Å². The molecule has 3 fully saturated rings. The van der Waals surface area contributed by atoms with Gasteiger partial charge in [-0.1, -0.05) is 17.4 Å². The highest BCUT2D eigenvalue weighted by Gasteiger charge is 2.48. The number of hydrogen-bond donors (Lipinski definition) is 2. The van der Waals surface area contributed by atoms with Crippen LogP contribution in [0.15, 0.2) is 24.4 Å². The van der Waals surface area contributed by atoms with Crippen LogP contribution in [-0.2, 0) is 0 Å². The van der Waals surface area contributed by atoms with Gasteiger partial charge in [-0.05, 0) is 44.2 Å². The number of aromatic nitrogens is 5. The maximum Gasteiger partial charge on any atom is 0.218 e. The molecule has 4 heterocycles. The smallest absolute Gasteiger partial charge is 0.218 e. The van der Waals surface area contributed by atoms with Crippen LogP contribution in [0.5, 0.6) is 5.75 Å². The van der Waals surface area contributed by atoms with Crippen molar-refractivity contribution in [2.45, 2.75) is 62.4 Å². The summed E-state index contributed by atoms with van der Waals surface area (Å²) in [5, 5.41) is 40.1. The van der Waals surface area contributed by atoms with E-state index in [1.807, 2.05) is 6.07 Å². The van der Waals surface area contributed by atoms with Crippen molar-refractivity contribution in [1.29, 1.82) is 5.26 Å². The molecule has 168 valence electrons. The first kappa shape index (κ1) is 20.4. The summed E-state index contributed by atoms with van der Waals surface area (Å²) in [4.78, 5) is 6.54. The largest absolute Gasteiger partial charge is 0.507 e. The lowest BCUT2D eigenvalue weighted by Crippen LogP contribution is -2.57. The summed E-state index contributed by atoms with van der Waals surface area (Å²) in [7, 11) is 0. The summed E-state index contributed by atoms with van der Waals surface area (Å²) in [6.07, 6.45) is 5.41. The van der Waals surface area contributed by atoms with Crippen LogP contribution in [0.2, 0.25) is 0 Å². The molecule has 0 radical (unpaired) electrons. The molecule has 2 bridgehead atoms. The van der Waals surface area contributed by atoms with Gasteiger partial charge in [-0.3, -0.25) is 0 Å². The Labute approximate surface area is 193 Å². The highest BCUT2D eigenvalue weighted by molar-refractivity contribution is 7.15. The van der Waals surface area contributed by atoms with Crippen molar-refractivity contribution in [3.05, 3.63) is 29.4 Å². The molecular formula is C22H21FN8OS. The summed E-state index contributed by atoms with van der Waals surface area (Å²) in [5.41, 5.74) is 1.08. The molecular weight excluding hydrogens is 443 g/mol. The van der Waals surface area contributed by atoms with Gasteiger partial charge < -0.3 is 15.3 Å². The topological polar surface area (TPSA) is 124 Å². The number of nitriles is 1. The molecule has 2 aliphatic heterocycles. The molecule has 0 spiro atoms. The Bertz CT molecular complexity index is 1220. The van der Waals surface area contributed by atoms with Crippen molar-refractivity contribution in [3.8, 4) is 33.8 Å². The highest BCUT2D eigenvalue weighted by atomic mass is 32.1. The number of benzene rings is 1. The number of piperidine rings is 1. The number of halogens is 1. The minimum atomic E-state index is -0.940. The van der Waals surface area contributed by atoms with Crippen molar-refractivity contribution in [2.24, 2.45) is 0 Å². The van der Waals surface area contributed by atoms with Crippen molar-refractivity contribution in [2.75, 3.05) is 4.90 Å². The van der Waals surface area contributed by atoms with Gasteiger partial charge in [0.05, 0.1) is 17.8 Å². The molecule has 6 rings (SSSR count). The Kier molecular flexibility index (Phi) is 4.92. The predicted octanol–water partition coefficient (Wildman–Crippen LogP) is 2.83. The van der Waals surface area contributed by atoms with Crippen molar-refractivity contribution >= 4 is 17.2 Å². The molecule has 2 saturated heterocycles. The Balaban J connectivity index is 1.26. The summed E-state index contributed by atoms with van der Waals surface area (Å²) in [6.45, 7) is 0. The lowest BCUT2D eigenvalue weighted by Gasteiger charge is -2.40. The molecule has 1 aromatic carbocycles. The Morgan fingerprint density at radius 1 is 1.15 bits per heavy atom. The van der Waals surface area contributed by atoms with E-state index in [1.54, 1.807) is 24.4 Å². The van der Waals surface area contributed by atoms with E-state index >= 15 is 4.39 Å². The minimum absolute atomic E-state index is 0.0199. The number of fused-ring (bicyclic) bond motifs is 2. The quantitative estimate of drug-likeness (QED) is 0.586. The van der Waals surface area contributed by atoms with Crippen LogP contribution >= 0.6 is 11.3 Å². The second kappa shape index (κ2) is 7.97. The van der Waals surface area contributed by atoms with E-state index in [1.165, 1.54) is 0 Å². The Hall–Kier alpha value is -3.23. The van der Waals surface area contributed by atoms with Gasteiger partial charge in [0, 0.05) is 23.7 Å². The molecule has 0 amide bonds. The molecule has 2 aromatic heterocycles. The zero-order chi connectivity index (χ0) is 22.5. The van der Waals surface area contributed by atoms with Crippen LogP contribution in [0, 0.1) is 11.3 Å². The number of rotatable bonds is 5. The third-order valence-corrected chi connectivity index (χ3v) is 7.55. The van der Waals surface area contributed by atoms with Gasteiger partial charge in [0.2, 0.25) is 5.01 Å². The molecule has 33 heavy (non-hydrogen) atoms. The maximum absolute atomic E-state index is 15.2. The molecule has 2 N–H and O–H groups in total. The number of hydrogen-bond acceptors (Lipinski definition) is 10. The molecule has 1 saturated carbocycles. The maximum atomic E-state index is 15.2. The monoisotopic (exact) mass is 464 g/mol. The first-order valence-electron chi connectivity index (χ1n) is 11.1. The molecule has 1 aliphatic carbocycles. The molecule has 3 aromatic rings. The fraction of sp³-hybridized carbons (Fsp3) is 0.455. The third kappa shape index (κ3) is 3.69. The fourth-order valence-electron chi connectivity index (χ4n) is 4.97. The molecule has 9 nitrogen and oxygen atoms in total. The summed E-state index contributed by atoms with van der Waals surface area (Å²) in [5.74, 6) is 0.855. The highest BCUT2D eigenvalue weighted by Crippen LogP contribution is 2.40. The van der Waals surface area contributed by atoms with Crippen molar-refractivity contribution in [1.82, 2.24) is 30.7 Å². The number of aromatic hydroxyl groups is 1. The average molecular weight is 465 g/mol. The molecule has 4 atom stereocenters. The molecule has 11 heteroatoms. The standard InChI is InChI=1S/C22H21FN8OS/c23-20-15-6-2-12(26-15)8-16(20)31(13-3-4-13)18-10-25-21(29-27-18)14-5-1-11(7-17(14)32)22-30-28-19(9-24)33-22/h1,5,7,10,12-13,15-16,20,26,32H,2-4,6,8H2/t12-,15+,16-,20+/m0/s1. The zero-order valence-electron chi connectivity index (χ0n) is 17.6. The lowest BCUT2D eigenvalue weighted by atomic mass is 9.96. The SMILES string of the molecule is N#Cc1nnc(-c2ccc(-c3ncc(N(C4CC4)[C@H]4C[C@@H]5CC[C@@H](N5)[C@H]4F)nn3)c(O)c2)s1. The number of nitrogens with one attached hydrogen (secondary N) is 1. The van der Waals surface area contributed by atoms with Crippen molar-refractivity contribution in [3.63, 3.8) is 0 Å². The minimum Gasteiger partial charge on any atom is -0.507 e. The number of anilines is 1. The van der Waals surface area contributed by atoms with E-state index in [-0.39, 0.29) is 34.7 Å². The number of phenolic OH excluding ortho intramolecular Hbond substituents is 1. The van der Waals surface area contributed by atoms with Gasteiger partial charge in [0.15, 0.2) is 11.6 Å². The first-order valence-corrected chi connectivity index (χ1v) is 11.9. The van der Waals surface area contributed by atoms with Gasteiger partial charge >= 0.3 is 0 Å².